The van der Waals surface area contributed by atoms with Crippen molar-refractivity contribution in [3.8, 4) is 0 Å². The molecule has 2 N–H and O–H groups in total. The van der Waals surface area contributed by atoms with Crippen LogP contribution in [0.3, 0.4) is 0 Å². The predicted octanol–water partition coefficient (Wildman–Crippen LogP) is -0.223. The summed E-state index contributed by atoms with van der Waals surface area (Å²) in [4.78, 5) is 19.6. The van der Waals surface area contributed by atoms with Crippen molar-refractivity contribution in [2.75, 3.05) is 0 Å². The van der Waals surface area contributed by atoms with Gasteiger partial charge in [0.1, 0.15) is 11.6 Å². The Balaban J connectivity index is 1.96. The van der Waals surface area contributed by atoms with Crippen molar-refractivity contribution in [3.05, 3.63) is 29.9 Å². The summed E-state index contributed by atoms with van der Waals surface area (Å²) < 4.78 is 1.84. The highest BCUT2D eigenvalue weighted by atomic mass is 16.2. The van der Waals surface area contributed by atoms with E-state index in [1.54, 1.807) is 13.1 Å². The predicted molar refractivity (Wildman–Crippen MR) is 55.5 cm³/mol. The van der Waals surface area contributed by atoms with Gasteiger partial charge in [-0.25, -0.2) is 9.97 Å². The van der Waals surface area contributed by atoms with Crippen molar-refractivity contribution in [1.29, 1.82) is 0 Å². The minimum atomic E-state index is -0.313. The molecule has 0 spiro atoms. The van der Waals surface area contributed by atoms with Gasteiger partial charge in [-0.05, 0) is 6.92 Å². The molecule has 0 bridgehead atoms. The summed E-state index contributed by atoms with van der Waals surface area (Å²) in [5.41, 5.74) is 0. The van der Waals surface area contributed by atoms with E-state index in [2.05, 4.69) is 25.5 Å². The number of carbonyl (C=O) groups excluding carboxylic acids is 1. The fourth-order valence-corrected chi connectivity index (χ4v) is 1.25. The number of hydrogen-bond donors (Lipinski definition) is 2. The lowest BCUT2D eigenvalue weighted by Gasteiger charge is -2.02. The standard InChI is InChI=1S/C9H12N6O/c1-6-12-8(14-13-6)9(16)11-5-7-10-3-4-15(7)2/h3-4H,5H2,1-2H3,(H,11,16)(H,12,13,14). The monoisotopic (exact) mass is 220 g/mol. The molecule has 0 unspecified atom stereocenters. The summed E-state index contributed by atoms with van der Waals surface area (Å²) in [6.45, 7) is 2.10. The smallest absolute Gasteiger partial charge is 0.291 e. The minimum Gasteiger partial charge on any atom is -0.342 e. The van der Waals surface area contributed by atoms with E-state index in [1.165, 1.54) is 0 Å². The summed E-state index contributed by atoms with van der Waals surface area (Å²) >= 11 is 0. The van der Waals surface area contributed by atoms with Crippen LogP contribution in [0, 0.1) is 6.92 Å². The van der Waals surface area contributed by atoms with Crippen LogP contribution in [-0.2, 0) is 13.6 Å². The van der Waals surface area contributed by atoms with Gasteiger partial charge >= 0.3 is 0 Å². The molecule has 84 valence electrons. The van der Waals surface area contributed by atoms with Crippen LogP contribution in [-0.4, -0.2) is 30.6 Å². The van der Waals surface area contributed by atoms with Gasteiger partial charge in [0.15, 0.2) is 0 Å². The van der Waals surface area contributed by atoms with Crippen LogP contribution >= 0.6 is 0 Å². The highest BCUT2D eigenvalue weighted by molar-refractivity contribution is 5.90. The Labute approximate surface area is 91.9 Å². The molecule has 0 saturated carbocycles. The molecule has 0 aliphatic rings. The quantitative estimate of drug-likeness (QED) is 0.748. The summed E-state index contributed by atoms with van der Waals surface area (Å²) in [6.07, 6.45) is 3.50. The molecule has 0 aromatic carbocycles. The number of amides is 1. The van der Waals surface area contributed by atoms with Gasteiger partial charge in [-0.2, -0.15) is 0 Å². The van der Waals surface area contributed by atoms with Crippen molar-refractivity contribution in [2.45, 2.75) is 13.5 Å². The van der Waals surface area contributed by atoms with E-state index in [0.29, 0.717) is 12.4 Å². The number of carbonyl (C=O) groups is 1. The first-order valence-electron chi connectivity index (χ1n) is 4.80. The molecule has 2 heterocycles. The van der Waals surface area contributed by atoms with Crippen LogP contribution in [0.15, 0.2) is 12.4 Å². The highest BCUT2D eigenvalue weighted by Gasteiger charge is 2.11. The molecule has 2 aromatic rings. The van der Waals surface area contributed by atoms with Gasteiger partial charge in [0.25, 0.3) is 5.91 Å². The Hall–Kier alpha value is -2.18. The van der Waals surface area contributed by atoms with E-state index >= 15 is 0 Å². The van der Waals surface area contributed by atoms with Gasteiger partial charge in [-0.1, -0.05) is 0 Å². The Morgan fingerprint density at radius 1 is 1.62 bits per heavy atom. The van der Waals surface area contributed by atoms with Crippen LogP contribution in [0.5, 0.6) is 0 Å². The number of H-pyrrole nitrogens is 1. The second-order valence-corrected chi connectivity index (χ2v) is 3.38. The molecule has 0 atom stereocenters. The zero-order valence-electron chi connectivity index (χ0n) is 9.06. The number of nitrogens with one attached hydrogen (secondary N) is 2. The molecule has 7 heteroatoms. The average molecular weight is 220 g/mol. The summed E-state index contributed by atoms with van der Waals surface area (Å²) in [5.74, 6) is 1.22. The maximum atomic E-state index is 11.6. The molecule has 1 amide bonds. The topological polar surface area (TPSA) is 88.5 Å². The van der Waals surface area contributed by atoms with E-state index in [4.69, 9.17) is 0 Å². The van der Waals surface area contributed by atoms with Gasteiger partial charge < -0.3 is 9.88 Å². The summed E-state index contributed by atoms with van der Waals surface area (Å²) in [5, 5.41) is 9.06. The molecule has 0 radical (unpaired) electrons. The number of rotatable bonds is 3. The maximum Gasteiger partial charge on any atom is 0.291 e. The largest absolute Gasteiger partial charge is 0.342 e. The number of aromatic nitrogens is 5. The zero-order valence-corrected chi connectivity index (χ0v) is 9.06. The minimum absolute atomic E-state index is 0.145. The van der Waals surface area contributed by atoms with Crippen LogP contribution in [0.25, 0.3) is 0 Å². The van der Waals surface area contributed by atoms with Gasteiger partial charge in [-0.15, -0.1) is 5.10 Å². The number of aromatic amines is 1. The maximum absolute atomic E-state index is 11.6. The second kappa shape index (κ2) is 4.13. The van der Waals surface area contributed by atoms with E-state index in [-0.39, 0.29) is 11.7 Å². The van der Waals surface area contributed by atoms with E-state index in [9.17, 15) is 4.79 Å². The zero-order chi connectivity index (χ0) is 11.5. The van der Waals surface area contributed by atoms with Crippen molar-refractivity contribution < 1.29 is 4.79 Å². The second-order valence-electron chi connectivity index (χ2n) is 3.38. The van der Waals surface area contributed by atoms with E-state index < -0.39 is 0 Å². The normalized spacial score (nSPS) is 10.4. The van der Waals surface area contributed by atoms with Gasteiger partial charge in [-0.3, -0.25) is 9.89 Å². The molecule has 16 heavy (non-hydrogen) atoms. The summed E-state index contributed by atoms with van der Waals surface area (Å²) in [7, 11) is 1.87. The Morgan fingerprint density at radius 3 is 3.00 bits per heavy atom. The van der Waals surface area contributed by atoms with Crippen LogP contribution in [0.1, 0.15) is 22.3 Å². The average Bonchev–Trinajstić information content (AvgIpc) is 2.84. The fraction of sp³-hybridized carbons (Fsp3) is 0.333. The fourth-order valence-electron chi connectivity index (χ4n) is 1.25. The Morgan fingerprint density at radius 2 is 2.44 bits per heavy atom. The van der Waals surface area contributed by atoms with Crippen molar-refractivity contribution in [3.63, 3.8) is 0 Å². The highest BCUT2D eigenvalue weighted by Crippen LogP contribution is 1.95. The third-order valence-electron chi connectivity index (χ3n) is 2.13. The molecular weight excluding hydrogens is 208 g/mol. The first kappa shape index (κ1) is 10.3. The molecule has 2 aromatic heterocycles. The van der Waals surface area contributed by atoms with E-state index in [1.807, 2.05) is 17.8 Å². The first-order chi connectivity index (χ1) is 7.66. The third-order valence-corrected chi connectivity index (χ3v) is 2.13. The number of hydrogen-bond acceptors (Lipinski definition) is 4. The van der Waals surface area contributed by atoms with Gasteiger partial charge in [0.05, 0.1) is 6.54 Å². The van der Waals surface area contributed by atoms with Crippen LogP contribution in [0.2, 0.25) is 0 Å². The summed E-state index contributed by atoms with van der Waals surface area (Å²) in [6, 6.07) is 0. The number of imidazole rings is 1. The van der Waals surface area contributed by atoms with Crippen molar-refractivity contribution in [2.24, 2.45) is 7.05 Å². The van der Waals surface area contributed by atoms with E-state index in [0.717, 1.165) is 5.82 Å². The third kappa shape index (κ3) is 2.08. The molecule has 0 saturated heterocycles. The lowest BCUT2D eigenvalue weighted by Crippen LogP contribution is -2.25. The van der Waals surface area contributed by atoms with Gasteiger partial charge in [0.2, 0.25) is 5.82 Å². The Kier molecular flexibility index (Phi) is 2.67. The molecular formula is C9H12N6O. The molecule has 0 aliphatic heterocycles. The molecule has 0 aliphatic carbocycles. The number of aryl methyl sites for hydroxylation is 2. The van der Waals surface area contributed by atoms with Gasteiger partial charge in [0, 0.05) is 19.4 Å². The lowest BCUT2D eigenvalue weighted by molar-refractivity contribution is 0.0939. The SMILES string of the molecule is Cc1nc(C(=O)NCc2nccn2C)n[nH]1. The van der Waals surface area contributed by atoms with Crippen molar-refractivity contribution in [1.82, 2.24) is 30.0 Å². The Bertz CT molecular complexity index is 500. The number of nitrogens with zero attached hydrogens (tertiary/aromatic N) is 4. The molecule has 0 fully saturated rings. The van der Waals surface area contributed by atoms with Crippen molar-refractivity contribution >= 4 is 5.91 Å². The van der Waals surface area contributed by atoms with Crippen LogP contribution < -0.4 is 5.32 Å². The molecule has 2 rings (SSSR count). The molecule has 7 nitrogen and oxygen atoms in total. The van der Waals surface area contributed by atoms with Crippen LogP contribution in [0.4, 0.5) is 0 Å². The lowest BCUT2D eigenvalue weighted by atomic mass is 10.5. The first-order valence-corrected chi connectivity index (χ1v) is 4.80.